The molecule has 1 heterocycles. The molecule has 66 valence electrons. The predicted molar refractivity (Wildman–Crippen MR) is 50.2 cm³/mol. The first-order valence-corrected chi connectivity index (χ1v) is 5.01. The van der Waals surface area contributed by atoms with Gasteiger partial charge in [0.25, 0.3) is 0 Å². The van der Waals surface area contributed by atoms with Crippen molar-refractivity contribution in [2.75, 3.05) is 0 Å². The van der Waals surface area contributed by atoms with Crippen LogP contribution in [0.1, 0.15) is 23.3 Å². The lowest BCUT2D eigenvalue weighted by Gasteiger charge is -2.42. The van der Waals surface area contributed by atoms with Gasteiger partial charge < -0.3 is 10.8 Å². The molecule has 12 heavy (non-hydrogen) atoms. The van der Waals surface area contributed by atoms with Gasteiger partial charge >= 0.3 is 0 Å². The Hall–Kier alpha value is -0.380. The molecule has 0 unspecified atom stereocenters. The van der Waals surface area contributed by atoms with Crippen molar-refractivity contribution in [2.24, 2.45) is 5.73 Å². The Kier molecular flexibility index (Phi) is 1.75. The topological polar surface area (TPSA) is 46.2 Å². The molecule has 0 aromatic carbocycles. The fourth-order valence-corrected chi connectivity index (χ4v) is 2.91. The van der Waals surface area contributed by atoms with E-state index >= 15 is 0 Å². The monoisotopic (exact) mass is 183 g/mol. The number of hydrogen-bond donors (Lipinski definition) is 2. The number of aryl methyl sites for hydroxylation is 1. The largest absolute Gasteiger partial charge is 0.393 e. The third-order valence-electron chi connectivity index (χ3n) is 2.51. The molecule has 0 saturated heterocycles. The van der Waals surface area contributed by atoms with Gasteiger partial charge in [0.15, 0.2) is 0 Å². The van der Waals surface area contributed by atoms with Gasteiger partial charge in [-0.1, -0.05) is 0 Å². The summed E-state index contributed by atoms with van der Waals surface area (Å²) in [5.74, 6) is 0. The highest BCUT2D eigenvalue weighted by molar-refractivity contribution is 7.10. The van der Waals surface area contributed by atoms with E-state index in [9.17, 15) is 5.11 Å². The highest BCUT2D eigenvalue weighted by atomic mass is 32.1. The molecule has 2 rings (SSSR count). The molecular formula is C9H13NOS. The summed E-state index contributed by atoms with van der Waals surface area (Å²) >= 11 is 1.70. The van der Waals surface area contributed by atoms with Crippen LogP contribution in [0, 0.1) is 6.92 Å². The molecule has 0 bridgehead atoms. The first-order valence-electron chi connectivity index (χ1n) is 4.13. The van der Waals surface area contributed by atoms with Crippen molar-refractivity contribution in [3.63, 3.8) is 0 Å². The quantitative estimate of drug-likeness (QED) is 0.690. The van der Waals surface area contributed by atoms with Gasteiger partial charge in [0.05, 0.1) is 11.6 Å². The van der Waals surface area contributed by atoms with Gasteiger partial charge in [0.1, 0.15) is 0 Å². The van der Waals surface area contributed by atoms with E-state index in [0.717, 1.165) is 0 Å². The Balaban J connectivity index is 2.26. The standard InChI is InChI=1S/C9H13NOS/c1-6-2-3-12-8(6)9(10)4-7(11)5-9/h2-3,7,11H,4-5,10H2,1H3. The second kappa shape index (κ2) is 2.55. The molecule has 0 amide bonds. The summed E-state index contributed by atoms with van der Waals surface area (Å²) in [7, 11) is 0. The third kappa shape index (κ3) is 1.09. The molecule has 1 saturated carbocycles. The molecule has 3 heteroatoms. The molecule has 1 aliphatic carbocycles. The number of nitrogens with two attached hydrogens (primary N) is 1. The van der Waals surface area contributed by atoms with Crippen LogP contribution in [0.15, 0.2) is 11.4 Å². The maximum Gasteiger partial charge on any atom is 0.0582 e. The molecule has 1 aromatic rings. The second-order valence-corrected chi connectivity index (χ2v) is 4.57. The lowest BCUT2D eigenvalue weighted by Crippen LogP contribution is -2.51. The maximum absolute atomic E-state index is 9.20. The summed E-state index contributed by atoms with van der Waals surface area (Å²) in [6, 6.07) is 2.08. The van der Waals surface area contributed by atoms with E-state index in [4.69, 9.17) is 5.73 Å². The molecule has 0 spiro atoms. The highest BCUT2D eigenvalue weighted by Crippen LogP contribution is 2.42. The van der Waals surface area contributed by atoms with Crippen molar-refractivity contribution < 1.29 is 5.11 Å². The number of rotatable bonds is 1. The van der Waals surface area contributed by atoms with Crippen LogP contribution in [0.5, 0.6) is 0 Å². The van der Waals surface area contributed by atoms with E-state index in [1.807, 2.05) is 0 Å². The van der Waals surface area contributed by atoms with Gasteiger partial charge in [-0.05, 0) is 36.8 Å². The van der Waals surface area contributed by atoms with Gasteiger partial charge in [-0.15, -0.1) is 11.3 Å². The molecule has 3 N–H and O–H groups in total. The SMILES string of the molecule is Cc1ccsc1C1(N)CC(O)C1. The first kappa shape index (κ1) is 8.23. The Morgan fingerprint density at radius 2 is 2.33 bits per heavy atom. The summed E-state index contributed by atoms with van der Waals surface area (Å²) in [6.07, 6.45) is 1.25. The van der Waals surface area contributed by atoms with Gasteiger partial charge in [-0.3, -0.25) is 0 Å². The van der Waals surface area contributed by atoms with Gasteiger partial charge in [0, 0.05) is 4.88 Å². The number of thiophene rings is 1. The van der Waals surface area contributed by atoms with Crippen molar-refractivity contribution in [1.29, 1.82) is 0 Å². The van der Waals surface area contributed by atoms with Crippen molar-refractivity contribution in [3.05, 3.63) is 21.9 Å². The van der Waals surface area contributed by atoms with Crippen LogP contribution < -0.4 is 5.73 Å². The zero-order valence-electron chi connectivity index (χ0n) is 7.08. The van der Waals surface area contributed by atoms with Crippen LogP contribution in [0.4, 0.5) is 0 Å². The number of aliphatic hydroxyl groups is 1. The number of hydrogen-bond acceptors (Lipinski definition) is 3. The van der Waals surface area contributed by atoms with E-state index in [0.29, 0.717) is 12.8 Å². The van der Waals surface area contributed by atoms with E-state index in [1.54, 1.807) is 11.3 Å². The molecule has 0 radical (unpaired) electrons. The van der Waals surface area contributed by atoms with Crippen molar-refractivity contribution in [2.45, 2.75) is 31.4 Å². The van der Waals surface area contributed by atoms with Crippen molar-refractivity contribution in [3.8, 4) is 0 Å². The fourth-order valence-electron chi connectivity index (χ4n) is 1.85. The molecule has 1 fully saturated rings. The Morgan fingerprint density at radius 3 is 2.75 bits per heavy atom. The molecule has 0 aliphatic heterocycles. The summed E-state index contributed by atoms with van der Waals surface area (Å²) in [5, 5.41) is 11.3. The van der Waals surface area contributed by atoms with Gasteiger partial charge in [-0.2, -0.15) is 0 Å². The summed E-state index contributed by atoms with van der Waals surface area (Å²) in [5.41, 5.74) is 7.14. The molecule has 0 atom stereocenters. The van der Waals surface area contributed by atoms with Gasteiger partial charge in [-0.25, -0.2) is 0 Å². The van der Waals surface area contributed by atoms with Crippen LogP contribution in [-0.4, -0.2) is 11.2 Å². The fraction of sp³-hybridized carbons (Fsp3) is 0.556. The van der Waals surface area contributed by atoms with E-state index < -0.39 is 0 Å². The predicted octanol–water partition coefficient (Wildman–Crippen LogP) is 1.37. The first-order chi connectivity index (χ1) is 5.62. The lowest BCUT2D eigenvalue weighted by molar-refractivity contribution is 0.0225. The maximum atomic E-state index is 9.20. The molecular weight excluding hydrogens is 170 g/mol. The average molecular weight is 183 g/mol. The van der Waals surface area contributed by atoms with Gasteiger partial charge in [0.2, 0.25) is 0 Å². The average Bonchev–Trinajstić information content (AvgIpc) is 2.32. The van der Waals surface area contributed by atoms with Crippen LogP contribution >= 0.6 is 11.3 Å². The summed E-state index contributed by atoms with van der Waals surface area (Å²) in [4.78, 5) is 1.24. The van der Waals surface area contributed by atoms with E-state index in [1.165, 1.54) is 10.4 Å². The van der Waals surface area contributed by atoms with Crippen molar-refractivity contribution >= 4 is 11.3 Å². The van der Waals surface area contributed by atoms with Crippen LogP contribution in [-0.2, 0) is 5.54 Å². The Bertz CT molecular complexity index is 288. The van der Waals surface area contributed by atoms with Crippen LogP contribution in [0.25, 0.3) is 0 Å². The lowest BCUT2D eigenvalue weighted by atomic mass is 9.73. The normalized spacial score (nSPS) is 34.8. The summed E-state index contributed by atoms with van der Waals surface area (Å²) in [6.45, 7) is 2.07. The highest BCUT2D eigenvalue weighted by Gasteiger charge is 2.42. The van der Waals surface area contributed by atoms with Crippen LogP contribution in [0.2, 0.25) is 0 Å². The van der Waals surface area contributed by atoms with Crippen molar-refractivity contribution in [1.82, 2.24) is 0 Å². The minimum absolute atomic E-state index is 0.184. The molecule has 2 nitrogen and oxygen atoms in total. The Labute approximate surface area is 76.0 Å². The minimum Gasteiger partial charge on any atom is -0.393 e. The number of aliphatic hydroxyl groups excluding tert-OH is 1. The summed E-state index contributed by atoms with van der Waals surface area (Å²) < 4.78 is 0. The second-order valence-electron chi connectivity index (χ2n) is 3.65. The van der Waals surface area contributed by atoms with Crippen LogP contribution in [0.3, 0.4) is 0 Å². The Morgan fingerprint density at radius 1 is 1.67 bits per heavy atom. The molecule has 1 aromatic heterocycles. The zero-order valence-corrected chi connectivity index (χ0v) is 7.90. The van der Waals surface area contributed by atoms with E-state index in [2.05, 4.69) is 18.4 Å². The minimum atomic E-state index is -0.225. The zero-order chi connectivity index (χ0) is 8.77. The van der Waals surface area contributed by atoms with E-state index in [-0.39, 0.29) is 11.6 Å². The third-order valence-corrected chi connectivity index (χ3v) is 3.75. The smallest absolute Gasteiger partial charge is 0.0582 e. The molecule has 1 aliphatic rings.